The van der Waals surface area contributed by atoms with Gasteiger partial charge in [0.25, 0.3) is 5.56 Å². The van der Waals surface area contributed by atoms with Crippen LogP contribution in [0.15, 0.2) is 16.9 Å². The molecule has 1 fully saturated rings. The van der Waals surface area contributed by atoms with E-state index in [1.807, 2.05) is 17.6 Å². The van der Waals surface area contributed by atoms with E-state index in [2.05, 4.69) is 25.2 Å². The van der Waals surface area contributed by atoms with Gasteiger partial charge in [-0.15, -0.1) is 0 Å². The second-order valence-electron chi connectivity index (χ2n) is 5.85. The zero-order valence-corrected chi connectivity index (χ0v) is 12.4. The molecular weight excluding hydrogens is 236 g/mol. The van der Waals surface area contributed by atoms with Crippen LogP contribution in [0.1, 0.15) is 63.6 Å². The van der Waals surface area contributed by atoms with Crippen molar-refractivity contribution in [3.63, 3.8) is 0 Å². The Morgan fingerprint density at radius 2 is 2.00 bits per heavy atom. The fraction of sp³-hybridized carbons (Fsp3) is 0.688. The lowest BCUT2D eigenvalue weighted by atomic mass is 10.1. The van der Waals surface area contributed by atoms with Crippen LogP contribution >= 0.6 is 0 Å². The maximum Gasteiger partial charge on any atom is 0.255 e. The van der Waals surface area contributed by atoms with E-state index in [-0.39, 0.29) is 5.56 Å². The molecule has 106 valence electrons. The Kier molecular flexibility index (Phi) is 4.81. The van der Waals surface area contributed by atoms with E-state index in [9.17, 15) is 4.79 Å². The molecule has 1 saturated carbocycles. The molecule has 0 aromatic carbocycles. The number of hydrogen-bond acceptors (Lipinski definition) is 2. The standard InChI is InChI=1S/C16H26N2O/c1-4-18-15(12(2)3)10-9-13(16(18)19)11-17-14-7-5-6-8-14/h9-10,12,14,17H,4-8,11H2,1-3H3. The van der Waals surface area contributed by atoms with E-state index in [0.29, 0.717) is 18.5 Å². The largest absolute Gasteiger partial charge is 0.312 e. The molecule has 0 spiro atoms. The smallest absolute Gasteiger partial charge is 0.255 e. The predicted octanol–water partition coefficient (Wildman–Crippen LogP) is 3.02. The molecule has 1 aromatic heterocycles. The first-order chi connectivity index (χ1) is 9.13. The fourth-order valence-corrected chi connectivity index (χ4v) is 2.99. The number of pyridine rings is 1. The van der Waals surface area contributed by atoms with Crippen LogP contribution in [0.3, 0.4) is 0 Å². The molecule has 3 nitrogen and oxygen atoms in total. The third kappa shape index (κ3) is 3.27. The van der Waals surface area contributed by atoms with Crippen molar-refractivity contribution in [2.75, 3.05) is 0 Å². The number of rotatable bonds is 5. The highest BCUT2D eigenvalue weighted by Gasteiger charge is 2.15. The van der Waals surface area contributed by atoms with Gasteiger partial charge in [0.2, 0.25) is 0 Å². The SMILES string of the molecule is CCn1c(C(C)C)ccc(CNC2CCCC2)c1=O. The Labute approximate surface area is 116 Å². The summed E-state index contributed by atoms with van der Waals surface area (Å²) in [6.45, 7) is 7.78. The van der Waals surface area contributed by atoms with Gasteiger partial charge in [-0.3, -0.25) is 4.79 Å². The second-order valence-corrected chi connectivity index (χ2v) is 5.85. The zero-order valence-electron chi connectivity index (χ0n) is 12.4. The van der Waals surface area contributed by atoms with Gasteiger partial charge in [0, 0.05) is 30.4 Å². The number of nitrogens with one attached hydrogen (secondary N) is 1. The molecule has 19 heavy (non-hydrogen) atoms. The molecular formula is C16H26N2O. The number of nitrogens with zero attached hydrogens (tertiary/aromatic N) is 1. The topological polar surface area (TPSA) is 34.0 Å². The molecule has 1 aliphatic rings. The fourth-order valence-electron chi connectivity index (χ4n) is 2.99. The van der Waals surface area contributed by atoms with Crippen LogP contribution in [-0.4, -0.2) is 10.6 Å². The van der Waals surface area contributed by atoms with Crippen molar-refractivity contribution < 1.29 is 0 Å². The Morgan fingerprint density at radius 3 is 2.58 bits per heavy atom. The van der Waals surface area contributed by atoms with E-state index >= 15 is 0 Å². The highest BCUT2D eigenvalue weighted by molar-refractivity contribution is 5.18. The van der Waals surface area contributed by atoms with Crippen molar-refractivity contribution in [3.05, 3.63) is 33.7 Å². The summed E-state index contributed by atoms with van der Waals surface area (Å²) >= 11 is 0. The highest BCUT2D eigenvalue weighted by Crippen LogP contribution is 2.18. The van der Waals surface area contributed by atoms with Crippen LogP contribution < -0.4 is 10.9 Å². The molecule has 0 atom stereocenters. The van der Waals surface area contributed by atoms with E-state index in [1.165, 1.54) is 25.7 Å². The minimum atomic E-state index is 0.180. The van der Waals surface area contributed by atoms with Crippen molar-refractivity contribution >= 4 is 0 Å². The lowest BCUT2D eigenvalue weighted by Gasteiger charge is -2.17. The molecule has 1 heterocycles. The van der Waals surface area contributed by atoms with Crippen LogP contribution in [0.5, 0.6) is 0 Å². The molecule has 1 aliphatic carbocycles. The third-order valence-electron chi connectivity index (χ3n) is 4.13. The number of hydrogen-bond donors (Lipinski definition) is 1. The number of aromatic nitrogens is 1. The first-order valence-corrected chi connectivity index (χ1v) is 7.59. The van der Waals surface area contributed by atoms with Gasteiger partial charge < -0.3 is 9.88 Å². The van der Waals surface area contributed by atoms with Crippen molar-refractivity contribution in [3.8, 4) is 0 Å². The minimum absolute atomic E-state index is 0.180. The summed E-state index contributed by atoms with van der Waals surface area (Å²) in [5.74, 6) is 0.393. The Morgan fingerprint density at radius 1 is 1.32 bits per heavy atom. The summed E-state index contributed by atoms with van der Waals surface area (Å²) in [6.07, 6.45) is 5.16. The molecule has 1 N–H and O–H groups in total. The first-order valence-electron chi connectivity index (χ1n) is 7.59. The van der Waals surface area contributed by atoms with Crippen molar-refractivity contribution in [1.82, 2.24) is 9.88 Å². The van der Waals surface area contributed by atoms with E-state index in [1.54, 1.807) is 0 Å². The molecule has 0 radical (unpaired) electrons. The highest BCUT2D eigenvalue weighted by atomic mass is 16.1. The molecule has 0 unspecified atom stereocenters. The lowest BCUT2D eigenvalue weighted by Crippen LogP contribution is -2.32. The zero-order chi connectivity index (χ0) is 13.8. The van der Waals surface area contributed by atoms with Crippen molar-refractivity contribution in [2.45, 2.75) is 71.5 Å². The lowest BCUT2D eigenvalue weighted by molar-refractivity contribution is 0.518. The van der Waals surface area contributed by atoms with Crippen LogP contribution in [0, 0.1) is 0 Å². The van der Waals surface area contributed by atoms with Gasteiger partial charge in [-0.05, 0) is 31.7 Å². The average Bonchev–Trinajstić information content (AvgIpc) is 2.89. The Hall–Kier alpha value is -1.09. The van der Waals surface area contributed by atoms with Crippen LogP contribution in [0.25, 0.3) is 0 Å². The summed E-state index contributed by atoms with van der Waals surface area (Å²) in [7, 11) is 0. The van der Waals surface area contributed by atoms with Crippen LogP contribution in [0.4, 0.5) is 0 Å². The summed E-state index contributed by atoms with van der Waals surface area (Å²) in [5, 5.41) is 3.53. The molecule has 1 aromatic rings. The summed E-state index contributed by atoms with van der Waals surface area (Å²) in [5.41, 5.74) is 2.22. The molecule has 2 rings (SSSR count). The summed E-state index contributed by atoms with van der Waals surface area (Å²) in [6, 6.07) is 4.73. The third-order valence-corrected chi connectivity index (χ3v) is 4.13. The van der Waals surface area contributed by atoms with Gasteiger partial charge in [0.1, 0.15) is 0 Å². The van der Waals surface area contributed by atoms with Gasteiger partial charge in [-0.1, -0.05) is 32.8 Å². The molecule has 0 saturated heterocycles. The van der Waals surface area contributed by atoms with E-state index in [4.69, 9.17) is 0 Å². The van der Waals surface area contributed by atoms with E-state index < -0.39 is 0 Å². The quantitative estimate of drug-likeness (QED) is 0.885. The van der Waals surface area contributed by atoms with Gasteiger partial charge in [0.15, 0.2) is 0 Å². The van der Waals surface area contributed by atoms with E-state index in [0.717, 1.165) is 17.8 Å². The summed E-state index contributed by atoms with van der Waals surface area (Å²) in [4.78, 5) is 12.5. The molecule has 0 amide bonds. The molecule has 0 bridgehead atoms. The average molecular weight is 262 g/mol. The van der Waals surface area contributed by atoms with Crippen LogP contribution in [0.2, 0.25) is 0 Å². The molecule has 0 aliphatic heterocycles. The van der Waals surface area contributed by atoms with Gasteiger partial charge in [-0.25, -0.2) is 0 Å². The monoisotopic (exact) mass is 262 g/mol. The minimum Gasteiger partial charge on any atom is -0.312 e. The summed E-state index contributed by atoms with van der Waals surface area (Å²) < 4.78 is 1.91. The van der Waals surface area contributed by atoms with Crippen molar-refractivity contribution in [2.24, 2.45) is 0 Å². The van der Waals surface area contributed by atoms with Gasteiger partial charge >= 0.3 is 0 Å². The Bertz CT molecular complexity index is 470. The second kappa shape index (κ2) is 6.38. The normalized spacial score (nSPS) is 16.4. The predicted molar refractivity (Wildman–Crippen MR) is 79.6 cm³/mol. The van der Waals surface area contributed by atoms with Crippen LogP contribution in [-0.2, 0) is 13.1 Å². The maximum absolute atomic E-state index is 12.5. The Balaban J connectivity index is 2.15. The van der Waals surface area contributed by atoms with Gasteiger partial charge in [-0.2, -0.15) is 0 Å². The van der Waals surface area contributed by atoms with Gasteiger partial charge in [0.05, 0.1) is 0 Å². The first kappa shape index (κ1) is 14.3. The maximum atomic E-state index is 12.5. The van der Waals surface area contributed by atoms with Crippen molar-refractivity contribution in [1.29, 1.82) is 0 Å². The molecule has 3 heteroatoms.